The van der Waals surface area contributed by atoms with Crippen LogP contribution >= 0.6 is 0 Å². The summed E-state index contributed by atoms with van der Waals surface area (Å²) < 4.78 is 0. The summed E-state index contributed by atoms with van der Waals surface area (Å²) in [5.74, 6) is 0.872. The molecule has 0 saturated heterocycles. The highest BCUT2D eigenvalue weighted by Gasteiger charge is 1.97. The number of rotatable bonds is 10. The van der Waals surface area contributed by atoms with Crippen LogP contribution in [0, 0.1) is 5.92 Å². The zero-order valence-electron chi connectivity index (χ0n) is 14.8. The van der Waals surface area contributed by atoms with E-state index in [1.165, 1.54) is 56.1 Å². The maximum absolute atomic E-state index is 2.44. The van der Waals surface area contributed by atoms with E-state index in [4.69, 9.17) is 0 Å². The number of allylic oxidation sites excluding steroid dienone is 6. The predicted octanol–water partition coefficient (Wildman–Crippen LogP) is 7.23. The molecular formula is C20H36. The van der Waals surface area contributed by atoms with Gasteiger partial charge in [-0.2, -0.15) is 0 Å². The van der Waals surface area contributed by atoms with Gasteiger partial charge in [0, 0.05) is 0 Å². The molecule has 0 aliphatic rings. The van der Waals surface area contributed by atoms with E-state index >= 15 is 0 Å². The lowest BCUT2D eigenvalue weighted by Crippen LogP contribution is -1.90. The third-order valence-corrected chi connectivity index (χ3v) is 3.97. The Bertz CT molecular complexity index is 324. The molecule has 0 saturated carbocycles. The predicted molar refractivity (Wildman–Crippen MR) is 94.1 cm³/mol. The Balaban J connectivity index is 3.85. The van der Waals surface area contributed by atoms with Gasteiger partial charge in [-0.3, -0.25) is 0 Å². The first-order valence-corrected chi connectivity index (χ1v) is 8.40. The summed E-state index contributed by atoms with van der Waals surface area (Å²) in [6.07, 6.45) is 15.9. The largest absolute Gasteiger partial charge is 0.0856 e. The monoisotopic (exact) mass is 276 g/mol. The zero-order chi connectivity index (χ0) is 15.4. The summed E-state index contributed by atoms with van der Waals surface area (Å²) in [6, 6.07) is 0. The van der Waals surface area contributed by atoms with Gasteiger partial charge < -0.3 is 0 Å². The van der Waals surface area contributed by atoms with Crippen molar-refractivity contribution in [2.45, 2.75) is 86.5 Å². The highest BCUT2D eigenvalue weighted by Crippen LogP contribution is 2.14. The van der Waals surface area contributed by atoms with Crippen molar-refractivity contribution in [2.24, 2.45) is 5.92 Å². The van der Waals surface area contributed by atoms with Crippen LogP contribution in [0.3, 0.4) is 0 Å². The zero-order valence-corrected chi connectivity index (χ0v) is 14.8. The molecule has 1 atom stereocenters. The smallest absolute Gasteiger partial charge is 0.0288 e. The second-order valence-corrected chi connectivity index (χ2v) is 6.55. The topological polar surface area (TPSA) is 0 Å². The maximum atomic E-state index is 2.44. The average molecular weight is 277 g/mol. The molecular weight excluding hydrogens is 240 g/mol. The number of hydrogen-bond donors (Lipinski definition) is 0. The molecule has 0 fully saturated rings. The summed E-state index contributed by atoms with van der Waals surface area (Å²) in [4.78, 5) is 0. The average Bonchev–Trinajstić information content (AvgIpc) is 2.38. The Hall–Kier alpha value is -0.780. The van der Waals surface area contributed by atoms with E-state index in [9.17, 15) is 0 Å². The van der Waals surface area contributed by atoms with E-state index in [-0.39, 0.29) is 0 Å². The summed E-state index contributed by atoms with van der Waals surface area (Å²) in [7, 11) is 0. The van der Waals surface area contributed by atoms with E-state index < -0.39 is 0 Å². The summed E-state index contributed by atoms with van der Waals surface area (Å²) in [5.41, 5.74) is 4.52. The van der Waals surface area contributed by atoms with Gasteiger partial charge in [-0.05, 0) is 72.1 Å². The van der Waals surface area contributed by atoms with Crippen molar-refractivity contribution in [3.8, 4) is 0 Å². The van der Waals surface area contributed by atoms with Gasteiger partial charge in [-0.15, -0.1) is 0 Å². The lowest BCUT2D eigenvalue weighted by Gasteiger charge is -2.06. The van der Waals surface area contributed by atoms with E-state index in [0.29, 0.717) is 0 Å². The van der Waals surface area contributed by atoms with Crippen LogP contribution in [0.5, 0.6) is 0 Å². The molecule has 1 unspecified atom stereocenters. The highest BCUT2D eigenvalue weighted by atomic mass is 14.0. The Morgan fingerprint density at radius 1 is 0.800 bits per heavy atom. The Morgan fingerprint density at radius 3 is 1.80 bits per heavy atom. The van der Waals surface area contributed by atoms with E-state index in [1.807, 2.05) is 0 Å². The van der Waals surface area contributed by atoms with Crippen LogP contribution in [0.2, 0.25) is 0 Å². The molecule has 0 aliphatic heterocycles. The van der Waals surface area contributed by atoms with Crippen molar-refractivity contribution in [2.75, 3.05) is 0 Å². The SMILES string of the molecule is CCC(C)CC/C=C(/C)CCC=C(C)CCC=C(C)C. The molecule has 0 rings (SSSR count). The Labute approximate surface area is 128 Å². The molecule has 0 bridgehead atoms. The minimum Gasteiger partial charge on any atom is -0.0856 e. The first-order valence-electron chi connectivity index (χ1n) is 8.40. The van der Waals surface area contributed by atoms with Gasteiger partial charge in [0.05, 0.1) is 0 Å². The van der Waals surface area contributed by atoms with Gasteiger partial charge in [-0.1, -0.05) is 55.2 Å². The van der Waals surface area contributed by atoms with Gasteiger partial charge in [0.2, 0.25) is 0 Å². The molecule has 0 aliphatic carbocycles. The molecule has 0 spiro atoms. The van der Waals surface area contributed by atoms with Crippen molar-refractivity contribution < 1.29 is 0 Å². The summed E-state index contributed by atoms with van der Waals surface area (Å²) in [6.45, 7) is 13.5. The van der Waals surface area contributed by atoms with Gasteiger partial charge in [-0.25, -0.2) is 0 Å². The molecule has 0 aromatic rings. The molecule has 0 heteroatoms. The standard InChI is InChI=1S/C20H36/c1-7-18(4)12-9-14-20(6)16-10-15-19(5)13-8-11-17(2)3/h11,14-15,18H,7-10,12-13,16H2,1-6H3/b19-15?,20-14-. The summed E-state index contributed by atoms with van der Waals surface area (Å²) >= 11 is 0. The second kappa shape index (κ2) is 12.0. The normalized spacial score (nSPS) is 14.3. The minimum absolute atomic E-state index is 0.872. The fourth-order valence-electron chi connectivity index (χ4n) is 2.16. The van der Waals surface area contributed by atoms with Crippen LogP contribution < -0.4 is 0 Å². The van der Waals surface area contributed by atoms with Crippen LogP contribution in [0.1, 0.15) is 86.5 Å². The number of hydrogen-bond acceptors (Lipinski definition) is 0. The lowest BCUT2D eigenvalue weighted by molar-refractivity contribution is 0.521. The lowest BCUT2D eigenvalue weighted by atomic mass is 10.0. The molecule has 0 aromatic heterocycles. The first kappa shape index (κ1) is 19.2. The maximum Gasteiger partial charge on any atom is -0.0288 e. The van der Waals surface area contributed by atoms with Gasteiger partial charge >= 0.3 is 0 Å². The van der Waals surface area contributed by atoms with E-state index in [0.717, 1.165) is 5.92 Å². The molecule has 0 amide bonds. The fraction of sp³-hybridized carbons (Fsp3) is 0.700. The quantitative estimate of drug-likeness (QED) is 0.369. The molecule has 0 radical (unpaired) electrons. The molecule has 0 N–H and O–H groups in total. The third kappa shape index (κ3) is 12.3. The van der Waals surface area contributed by atoms with Crippen molar-refractivity contribution >= 4 is 0 Å². The van der Waals surface area contributed by atoms with Crippen molar-refractivity contribution in [3.63, 3.8) is 0 Å². The van der Waals surface area contributed by atoms with Crippen LogP contribution in [0.15, 0.2) is 34.9 Å². The fourth-order valence-corrected chi connectivity index (χ4v) is 2.16. The van der Waals surface area contributed by atoms with Gasteiger partial charge in [0.15, 0.2) is 0 Å². The van der Waals surface area contributed by atoms with E-state index in [1.54, 1.807) is 5.57 Å². The van der Waals surface area contributed by atoms with Crippen LogP contribution in [0.25, 0.3) is 0 Å². The van der Waals surface area contributed by atoms with Crippen LogP contribution in [0.4, 0.5) is 0 Å². The van der Waals surface area contributed by atoms with Crippen molar-refractivity contribution in [1.82, 2.24) is 0 Å². The molecule has 0 aromatic carbocycles. The second-order valence-electron chi connectivity index (χ2n) is 6.55. The molecule has 116 valence electrons. The summed E-state index contributed by atoms with van der Waals surface area (Å²) in [5, 5.41) is 0. The molecule has 0 heterocycles. The van der Waals surface area contributed by atoms with E-state index in [2.05, 4.69) is 59.8 Å². The molecule has 20 heavy (non-hydrogen) atoms. The van der Waals surface area contributed by atoms with Crippen molar-refractivity contribution in [3.05, 3.63) is 34.9 Å². The van der Waals surface area contributed by atoms with Gasteiger partial charge in [0.1, 0.15) is 0 Å². The van der Waals surface area contributed by atoms with Crippen molar-refractivity contribution in [1.29, 1.82) is 0 Å². The highest BCUT2D eigenvalue weighted by molar-refractivity contribution is 5.05. The first-order chi connectivity index (χ1) is 9.45. The van der Waals surface area contributed by atoms with Gasteiger partial charge in [0.25, 0.3) is 0 Å². The Morgan fingerprint density at radius 2 is 1.30 bits per heavy atom. The third-order valence-electron chi connectivity index (χ3n) is 3.97. The molecule has 0 nitrogen and oxygen atoms in total. The minimum atomic E-state index is 0.872. The van der Waals surface area contributed by atoms with Crippen LogP contribution in [-0.2, 0) is 0 Å². The van der Waals surface area contributed by atoms with Crippen LogP contribution in [-0.4, -0.2) is 0 Å². The Kier molecular flexibility index (Phi) is 11.5.